The summed E-state index contributed by atoms with van der Waals surface area (Å²) in [6, 6.07) is 14.7. The summed E-state index contributed by atoms with van der Waals surface area (Å²) in [5.41, 5.74) is 1.87. The molecule has 1 N–H and O–H groups in total. The molecule has 21 heavy (non-hydrogen) atoms. The fourth-order valence-corrected chi connectivity index (χ4v) is 2.07. The number of hydrogen-bond acceptors (Lipinski definition) is 2. The quantitative estimate of drug-likeness (QED) is 0.886. The number of hydrogen-bond donors (Lipinski definition) is 1. The number of carbonyl (C=O) groups excluding carboxylic acids is 1. The van der Waals surface area contributed by atoms with Crippen LogP contribution in [0, 0.1) is 6.92 Å². The van der Waals surface area contributed by atoms with Gasteiger partial charge in [0.1, 0.15) is 5.75 Å². The molecule has 110 valence electrons. The number of anilines is 1. The molecule has 4 heteroatoms. The van der Waals surface area contributed by atoms with Gasteiger partial charge in [-0.15, -0.1) is 0 Å². The molecule has 1 unspecified atom stereocenters. The summed E-state index contributed by atoms with van der Waals surface area (Å²) >= 11 is 5.83. The van der Waals surface area contributed by atoms with Crippen molar-refractivity contribution in [3.63, 3.8) is 0 Å². The second-order valence-electron chi connectivity index (χ2n) is 4.83. The van der Waals surface area contributed by atoms with Crippen molar-refractivity contribution >= 4 is 23.2 Å². The average Bonchev–Trinajstić information content (AvgIpc) is 2.46. The molecule has 0 saturated heterocycles. The number of halogens is 1. The average molecular weight is 304 g/mol. The molecule has 0 saturated carbocycles. The van der Waals surface area contributed by atoms with Gasteiger partial charge < -0.3 is 10.1 Å². The fraction of sp³-hybridized carbons (Fsp3) is 0.235. The molecule has 0 radical (unpaired) electrons. The van der Waals surface area contributed by atoms with Gasteiger partial charge in [-0.05, 0) is 55.3 Å². The molecular weight excluding hydrogens is 286 g/mol. The van der Waals surface area contributed by atoms with Gasteiger partial charge in [0.15, 0.2) is 6.10 Å². The normalized spacial score (nSPS) is 11.8. The van der Waals surface area contributed by atoms with E-state index in [9.17, 15) is 4.79 Å². The van der Waals surface area contributed by atoms with Gasteiger partial charge in [0.2, 0.25) is 0 Å². The Hall–Kier alpha value is -2.00. The fourth-order valence-electron chi connectivity index (χ4n) is 1.95. The van der Waals surface area contributed by atoms with E-state index in [-0.39, 0.29) is 5.91 Å². The van der Waals surface area contributed by atoms with Gasteiger partial charge in [-0.1, -0.05) is 30.7 Å². The molecule has 3 nitrogen and oxygen atoms in total. The molecular formula is C17H18ClNO2. The Morgan fingerprint density at radius 1 is 1.24 bits per heavy atom. The minimum atomic E-state index is -0.535. The number of aryl methyl sites for hydroxylation is 1. The Kier molecular flexibility index (Phi) is 5.23. The van der Waals surface area contributed by atoms with Crippen molar-refractivity contribution in [1.82, 2.24) is 0 Å². The highest BCUT2D eigenvalue weighted by Crippen LogP contribution is 2.18. The number of carbonyl (C=O) groups is 1. The van der Waals surface area contributed by atoms with Crippen molar-refractivity contribution < 1.29 is 9.53 Å². The Labute approximate surface area is 129 Å². The van der Waals surface area contributed by atoms with Crippen LogP contribution in [0.1, 0.15) is 18.9 Å². The molecule has 0 heterocycles. The largest absolute Gasteiger partial charge is 0.481 e. The van der Waals surface area contributed by atoms with Crippen LogP contribution in [0.25, 0.3) is 0 Å². The van der Waals surface area contributed by atoms with E-state index in [1.54, 1.807) is 24.3 Å². The van der Waals surface area contributed by atoms with Gasteiger partial charge in [-0.3, -0.25) is 4.79 Å². The first-order chi connectivity index (χ1) is 10.1. The van der Waals surface area contributed by atoms with Crippen LogP contribution < -0.4 is 10.1 Å². The summed E-state index contributed by atoms with van der Waals surface area (Å²) < 4.78 is 5.71. The molecule has 0 bridgehead atoms. The zero-order chi connectivity index (χ0) is 15.2. The van der Waals surface area contributed by atoms with Crippen LogP contribution in [0.4, 0.5) is 5.69 Å². The highest BCUT2D eigenvalue weighted by atomic mass is 35.5. The molecule has 0 aromatic heterocycles. The lowest BCUT2D eigenvalue weighted by Crippen LogP contribution is -2.32. The van der Waals surface area contributed by atoms with Crippen molar-refractivity contribution in [2.45, 2.75) is 26.4 Å². The molecule has 1 amide bonds. The first-order valence-corrected chi connectivity index (χ1v) is 7.26. The molecule has 0 aliphatic carbocycles. The molecule has 0 aliphatic heterocycles. The maximum Gasteiger partial charge on any atom is 0.265 e. The van der Waals surface area contributed by atoms with E-state index in [1.807, 2.05) is 38.1 Å². The zero-order valence-corrected chi connectivity index (χ0v) is 12.9. The van der Waals surface area contributed by atoms with Crippen LogP contribution >= 0.6 is 11.6 Å². The van der Waals surface area contributed by atoms with E-state index >= 15 is 0 Å². The highest BCUT2D eigenvalue weighted by Gasteiger charge is 2.18. The summed E-state index contributed by atoms with van der Waals surface area (Å²) in [7, 11) is 0. The summed E-state index contributed by atoms with van der Waals surface area (Å²) in [6.45, 7) is 3.90. The second-order valence-corrected chi connectivity index (χ2v) is 5.26. The number of nitrogens with one attached hydrogen (secondary N) is 1. The lowest BCUT2D eigenvalue weighted by atomic mass is 10.2. The van der Waals surface area contributed by atoms with E-state index in [2.05, 4.69) is 5.32 Å². The third kappa shape index (κ3) is 4.50. The minimum absolute atomic E-state index is 0.155. The second kappa shape index (κ2) is 7.14. The Balaban J connectivity index is 2.03. The first-order valence-electron chi connectivity index (χ1n) is 6.88. The van der Waals surface area contributed by atoms with E-state index < -0.39 is 6.10 Å². The number of ether oxygens (including phenoxy) is 1. The summed E-state index contributed by atoms with van der Waals surface area (Å²) in [5, 5.41) is 3.51. The smallest absolute Gasteiger partial charge is 0.265 e. The van der Waals surface area contributed by atoms with Crippen molar-refractivity contribution in [3.8, 4) is 5.75 Å². The van der Waals surface area contributed by atoms with Gasteiger partial charge in [-0.25, -0.2) is 0 Å². The van der Waals surface area contributed by atoms with Gasteiger partial charge in [0.05, 0.1) is 0 Å². The molecule has 2 rings (SSSR count). The number of amides is 1. The SMILES string of the molecule is CCC(Oc1ccc(Cl)cc1)C(=O)Nc1cccc(C)c1. The predicted octanol–water partition coefficient (Wildman–Crippen LogP) is 4.44. The van der Waals surface area contributed by atoms with Crippen LogP contribution in [0.3, 0.4) is 0 Å². The van der Waals surface area contributed by atoms with E-state index in [0.29, 0.717) is 17.2 Å². The van der Waals surface area contributed by atoms with Crippen molar-refractivity contribution in [2.75, 3.05) is 5.32 Å². The third-order valence-corrected chi connectivity index (χ3v) is 3.29. The van der Waals surface area contributed by atoms with Gasteiger partial charge >= 0.3 is 0 Å². The van der Waals surface area contributed by atoms with Gasteiger partial charge in [0, 0.05) is 10.7 Å². The monoisotopic (exact) mass is 303 g/mol. The third-order valence-electron chi connectivity index (χ3n) is 3.04. The van der Waals surface area contributed by atoms with Crippen LogP contribution in [0.2, 0.25) is 5.02 Å². The van der Waals surface area contributed by atoms with Crippen LogP contribution in [0.5, 0.6) is 5.75 Å². The topological polar surface area (TPSA) is 38.3 Å². The standard InChI is InChI=1S/C17H18ClNO2/c1-3-16(21-15-9-7-13(18)8-10-15)17(20)19-14-6-4-5-12(2)11-14/h4-11,16H,3H2,1-2H3,(H,19,20). The maximum atomic E-state index is 12.3. The molecule has 1 atom stereocenters. The molecule has 0 fully saturated rings. The van der Waals surface area contributed by atoms with Crippen LogP contribution in [-0.4, -0.2) is 12.0 Å². The molecule has 0 aliphatic rings. The Morgan fingerprint density at radius 3 is 2.57 bits per heavy atom. The van der Waals surface area contributed by atoms with Crippen molar-refractivity contribution in [2.24, 2.45) is 0 Å². The van der Waals surface area contributed by atoms with Crippen molar-refractivity contribution in [3.05, 3.63) is 59.1 Å². The van der Waals surface area contributed by atoms with E-state index in [1.165, 1.54) is 0 Å². The first kappa shape index (κ1) is 15.4. The molecule has 2 aromatic carbocycles. The lowest BCUT2D eigenvalue weighted by molar-refractivity contribution is -0.122. The Morgan fingerprint density at radius 2 is 1.95 bits per heavy atom. The molecule has 0 spiro atoms. The minimum Gasteiger partial charge on any atom is -0.481 e. The van der Waals surface area contributed by atoms with Gasteiger partial charge in [0.25, 0.3) is 5.91 Å². The Bertz CT molecular complexity index is 610. The number of rotatable bonds is 5. The molecule has 2 aromatic rings. The van der Waals surface area contributed by atoms with E-state index in [4.69, 9.17) is 16.3 Å². The predicted molar refractivity (Wildman–Crippen MR) is 86.0 cm³/mol. The summed E-state index contributed by atoms with van der Waals surface area (Å²) in [5.74, 6) is 0.476. The lowest BCUT2D eigenvalue weighted by Gasteiger charge is -2.17. The maximum absolute atomic E-state index is 12.3. The number of benzene rings is 2. The van der Waals surface area contributed by atoms with E-state index in [0.717, 1.165) is 11.3 Å². The van der Waals surface area contributed by atoms with Crippen LogP contribution in [-0.2, 0) is 4.79 Å². The highest BCUT2D eigenvalue weighted by molar-refractivity contribution is 6.30. The van der Waals surface area contributed by atoms with Crippen LogP contribution in [0.15, 0.2) is 48.5 Å². The summed E-state index contributed by atoms with van der Waals surface area (Å²) in [4.78, 5) is 12.3. The summed E-state index contributed by atoms with van der Waals surface area (Å²) in [6.07, 6.45) is 0.0481. The van der Waals surface area contributed by atoms with Gasteiger partial charge in [-0.2, -0.15) is 0 Å². The van der Waals surface area contributed by atoms with Crippen molar-refractivity contribution in [1.29, 1.82) is 0 Å². The zero-order valence-electron chi connectivity index (χ0n) is 12.1.